The summed E-state index contributed by atoms with van der Waals surface area (Å²) in [6, 6.07) is 21.0. The van der Waals surface area contributed by atoms with Crippen LogP contribution in [0.4, 0.5) is 37.7 Å². The molecule has 3 saturated heterocycles. The smallest absolute Gasteiger partial charge is 1.00 e. The van der Waals surface area contributed by atoms with Gasteiger partial charge in [0.1, 0.15) is 25.1 Å². The van der Waals surface area contributed by atoms with Gasteiger partial charge in [-0.25, -0.2) is 26.3 Å². The Hall–Kier alpha value is -4.15. The van der Waals surface area contributed by atoms with Gasteiger partial charge >= 0.3 is 122 Å². The fourth-order valence-electron chi connectivity index (χ4n) is 27.8. The fraction of sp³-hybridized carbons (Fsp3) is 0.581. The van der Waals surface area contributed by atoms with Crippen LogP contribution in [-0.2, 0) is 57.5 Å². The molecule has 0 aromatic heterocycles. The Labute approximate surface area is 853 Å². The summed E-state index contributed by atoms with van der Waals surface area (Å²) >= 11 is 17.7. The van der Waals surface area contributed by atoms with Crippen LogP contribution in [0.5, 0.6) is 0 Å². The number of rotatable bonds is 12. The number of aliphatic hydroxyl groups excluding tert-OH is 5. The summed E-state index contributed by atoms with van der Waals surface area (Å²) in [5.41, 5.74) is -13.9. The SMILES string of the molecule is CC(=O)OCC(=O)[C@@]12CN(c3ccc(Cl)cc3)C[C@@H]1C[C@H]1[C@@H]3C[C@H](F)C4=CC(=O)C=C[C@]4(C)[C@@]3(F)[C@@H](O)C[C@@]12C.CC(=O)OCC(=O)[C@@]12CNC[C@@H]1C[C@H]1[C@@H]3C[C@H](F)C4=CC(=O)C=C[C@]4(C)[C@@]3(F)[C@@H](O)C[C@@]12C.CO.C[C@]12C=CC(=O)C=C1[C@@H](F)C[C@H]1[C@@H]3C[C@H]4CN(c5ccc(Cl)cc5)C[C@@]4(C(=O)CO)[C@@]3(C)C[C@H](O)[C@@]12F.Cl.O=CO[O-].OB(O)c1ccc(Cl)cc1.[H-].[K+].[K+]. The number of benzene rings is 3. The van der Waals surface area contributed by atoms with Gasteiger partial charge in [0.25, 0.3) is 6.47 Å². The molecule has 3 aromatic rings. The van der Waals surface area contributed by atoms with Gasteiger partial charge < -0.3 is 71.7 Å². The molecule has 12 aliphatic carbocycles. The molecule has 0 bridgehead atoms. The Bertz CT molecular complexity index is 5020. The molecule has 0 radical (unpaired) electrons. The quantitative estimate of drug-likeness (QED) is 0.0318. The average Bonchev–Trinajstić information content (AvgIpc) is 1.44. The first-order chi connectivity index (χ1) is 59.2. The van der Waals surface area contributed by atoms with Crippen molar-refractivity contribution in [3.63, 3.8) is 0 Å². The number of alkyl halides is 6. The Morgan fingerprint density at radius 1 is 0.519 bits per heavy atom. The zero-order valence-corrected chi connectivity index (χ0v) is 83.1. The van der Waals surface area contributed by atoms with Crippen molar-refractivity contribution in [1.29, 1.82) is 0 Å². The van der Waals surface area contributed by atoms with E-state index in [2.05, 4.69) is 20.0 Å². The van der Waals surface area contributed by atoms with E-state index in [-0.39, 0.29) is 249 Å². The fourth-order valence-corrected chi connectivity index (χ4v) is 28.2. The van der Waals surface area contributed by atoms with Gasteiger partial charge in [0, 0.05) is 114 Å². The van der Waals surface area contributed by atoms with Gasteiger partial charge in [-0.05, 0) is 256 Å². The van der Waals surface area contributed by atoms with E-state index in [1.54, 1.807) is 69.3 Å². The first-order valence-electron chi connectivity index (χ1n) is 42.6. The number of aliphatic hydroxyl groups is 5. The maximum atomic E-state index is 17.6. The minimum Gasteiger partial charge on any atom is -1.00 e. The van der Waals surface area contributed by atoms with Crippen molar-refractivity contribution >= 4 is 124 Å². The summed E-state index contributed by atoms with van der Waals surface area (Å²) in [6.45, 7) is 14.0. The number of Topliss-reactive ketones (excluding diaryl/α,β-unsaturated/α-hetero) is 3. The summed E-state index contributed by atoms with van der Waals surface area (Å²) in [5, 5.41) is 82.6. The van der Waals surface area contributed by atoms with E-state index in [0.29, 0.717) is 79.1 Å². The second-order valence-electron chi connectivity index (χ2n) is 38.2. The first-order valence-corrected chi connectivity index (χ1v) is 43.7. The molecule has 0 spiro atoms. The molecular formula is C93H110BCl4F6K2N3O20. The number of anilines is 2. The molecule has 23 nitrogen and oxygen atoms in total. The molecule has 3 heterocycles. The molecule has 18 rings (SSSR count). The van der Waals surface area contributed by atoms with Crippen molar-refractivity contribution in [2.24, 2.45) is 102 Å². The Kier molecular flexibility index (Phi) is 32.9. The number of halogens is 10. The van der Waals surface area contributed by atoms with Crippen molar-refractivity contribution < 1.29 is 229 Å². The van der Waals surface area contributed by atoms with Gasteiger partial charge in [0.05, 0.1) is 34.6 Å². The number of ketones is 6. The number of hydrogen-bond donors (Lipinski definition) is 8. The number of fused-ring (bicyclic) bond motifs is 21. The minimum atomic E-state index is -2.21. The minimum absolute atomic E-state index is 0. The Balaban J connectivity index is 0.000000200. The number of nitrogens with one attached hydrogen (secondary N) is 1. The van der Waals surface area contributed by atoms with Crippen LogP contribution in [0.25, 0.3) is 0 Å². The van der Waals surface area contributed by atoms with Crippen LogP contribution in [-0.4, -0.2) is 216 Å². The van der Waals surface area contributed by atoms with Crippen LogP contribution in [0.2, 0.25) is 15.1 Å². The predicted octanol–water partition coefficient (Wildman–Crippen LogP) is 3.93. The molecule has 15 aliphatic rings. The Morgan fingerprint density at radius 2 is 0.822 bits per heavy atom. The summed E-state index contributed by atoms with van der Waals surface area (Å²) in [6.07, 6.45) is 3.75. The third kappa shape index (κ3) is 16.8. The second-order valence-corrected chi connectivity index (χ2v) is 39.6. The van der Waals surface area contributed by atoms with Crippen molar-refractivity contribution in [3.05, 3.63) is 159 Å². The Morgan fingerprint density at radius 3 is 1.13 bits per heavy atom. The molecule has 3 aliphatic heterocycles. The van der Waals surface area contributed by atoms with Crippen molar-refractivity contribution in [2.75, 3.05) is 76.0 Å². The van der Waals surface area contributed by atoms with E-state index in [1.165, 1.54) is 68.5 Å². The van der Waals surface area contributed by atoms with Crippen molar-refractivity contribution in [2.45, 2.75) is 167 Å². The van der Waals surface area contributed by atoms with Crippen LogP contribution in [0.1, 0.15) is 115 Å². The molecule has 8 N–H and O–H groups in total. The molecule has 36 heteroatoms. The van der Waals surface area contributed by atoms with Crippen LogP contribution >= 0.6 is 47.2 Å². The van der Waals surface area contributed by atoms with E-state index in [4.69, 9.17) is 69.5 Å². The third-order valence-electron chi connectivity index (χ3n) is 33.4. The van der Waals surface area contributed by atoms with Crippen molar-refractivity contribution in [1.82, 2.24) is 5.32 Å². The number of esters is 2. The van der Waals surface area contributed by atoms with E-state index in [9.17, 15) is 58.8 Å². The van der Waals surface area contributed by atoms with E-state index in [1.807, 2.05) is 45.0 Å². The number of carbonyl (C=O) groups is 9. The number of hydrogen-bond acceptors (Lipinski definition) is 23. The zero-order valence-electron chi connectivity index (χ0n) is 74.8. The van der Waals surface area contributed by atoms with Gasteiger partial charge in [0.2, 0.25) is 0 Å². The summed E-state index contributed by atoms with van der Waals surface area (Å²) < 4.78 is 109. The van der Waals surface area contributed by atoms with E-state index in [0.717, 1.165) is 18.5 Å². The van der Waals surface area contributed by atoms with E-state index >= 15 is 26.3 Å². The summed E-state index contributed by atoms with van der Waals surface area (Å²) in [4.78, 5) is 116. The number of carbonyl (C=O) groups excluding carboxylic acids is 9. The molecule has 12 fully saturated rings. The second kappa shape index (κ2) is 39.7. The van der Waals surface area contributed by atoms with E-state index < -0.39 is 159 Å². The largest absolute Gasteiger partial charge is 1.00 e. The average molecular weight is 1930 g/mol. The molecule has 0 amide bonds. The number of nitrogens with zero attached hydrogens (tertiary/aromatic N) is 2. The predicted molar refractivity (Wildman–Crippen MR) is 460 cm³/mol. The topological polar surface area (TPSA) is 365 Å². The third-order valence-corrected chi connectivity index (χ3v) is 34.2. The van der Waals surface area contributed by atoms with Gasteiger partial charge in [-0.15, -0.1) is 12.4 Å². The molecule has 0 unspecified atom stereocenters. The van der Waals surface area contributed by atoms with Gasteiger partial charge in [-0.1, -0.05) is 85.9 Å². The maximum absolute atomic E-state index is 17.6. The monoisotopic (exact) mass is 1930 g/mol. The normalized spacial score (nSPS) is 40.4. The van der Waals surface area contributed by atoms with Crippen LogP contribution in [0, 0.1) is 102 Å². The molecule has 3 aromatic carbocycles. The standard InChI is InChI=1S/C31H34ClF2NO5.C29H32ClF2NO4.C25H31F2NO5.C6H6BClO2.CH2O3.CH4O.ClH.2K.H/c1-17(36)40-15-27(39)30-16-35(20-6-4-19(32)5-7-20)14-18(30)10-22-23-12-25(33)24-11-21(37)8-9-28(24,2)31(23,34)26(38)13-29(22,30)3;1-26-8-7-19(35)10-22(26)23(31)11-21-20-9-16-13-33(18-5-3-17(30)4-6-18)15-28(16,25(37)14-34)27(20,2)12-24(36)29(21,26)32;1-13(29)33-11-21(32)24-12-28-10-14(24)6-16-17-8-19(26)18-7-15(30)4-5-22(18,2)25(17,27)20(31)9-23(16,24)3;8-6-3-1-5(2-4-6)7(9)10;2-1-4-3;1-2;;;;/h4-9,11,18,22-23,25-26,38H,10,12-16H2,1-3H3;3-8,10,16,20-21,23-24,34,36H,9,11-15H2,1-2H3;4-5,7,14,16-17,19-20,28,31H,6,8-12H2,1-3H3;1-4,9-10H;1,3H;2H,1H3;1H;;;/q;;;;;;;2*+1;-1/p-1/t18-,22-,23-,25-,26-,28-,29-,30+,31-;16-,20-,21-,23-,24-,26-,27-,28+,29-;14-,16-,17-,19-,20-,22-,23-,24+,25-;;;;;;;/m000......./s1. The molecule has 692 valence electrons. The zero-order chi connectivity index (χ0) is 92.3. The van der Waals surface area contributed by atoms with Gasteiger partial charge in [0.15, 0.2) is 64.9 Å². The number of allylic oxidation sites excluding steroid dienone is 12. The van der Waals surface area contributed by atoms with Gasteiger partial charge in [-0.3, -0.25) is 43.2 Å². The van der Waals surface area contributed by atoms with Crippen LogP contribution in [0.15, 0.2) is 144 Å². The maximum Gasteiger partial charge on any atom is 1.00 e. The molecule has 129 heavy (non-hydrogen) atoms. The molecular weight excluding hydrogens is 1820 g/mol. The first kappa shape index (κ1) is 107. The summed E-state index contributed by atoms with van der Waals surface area (Å²) in [5.74, 6) is -7.18. The van der Waals surface area contributed by atoms with Crippen molar-refractivity contribution in [3.8, 4) is 0 Å². The molecule has 9 saturated carbocycles. The summed E-state index contributed by atoms with van der Waals surface area (Å²) in [7, 11) is -0.405. The van der Waals surface area contributed by atoms with Crippen LogP contribution < -0.4 is 129 Å². The number of ether oxygens (including phenoxy) is 2. The van der Waals surface area contributed by atoms with Crippen LogP contribution in [0.3, 0.4) is 0 Å². The molecule has 27 atom stereocenters. The van der Waals surface area contributed by atoms with Gasteiger partial charge in [-0.2, -0.15) is 0 Å².